The number of nitriles is 1. The van der Waals surface area contributed by atoms with Gasteiger partial charge in [0.1, 0.15) is 12.2 Å². The third kappa shape index (κ3) is 5.13. The molecule has 0 aliphatic heterocycles. The molecule has 1 aliphatic carbocycles. The van der Waals surface area contributed by atoms with E-state index in [4.69, 9.17) is 14.7 Å². The molecule has 0 spiro atoms. The molecule has 0 fully saturated rings. The van der Waals surface area contributed by atoms with Crippen LogP contribution in [0.25, 0.3) is 28.2 Å². The standard InChI is InChI=1S/C31H27N3O2/c32-18-19-33-30(35)26-16-9-10-22(21-26)20-25-15-7-8-17-27(25)31-34-28(23-11-3-1-4-12-23)29(36-31)24-13-5-2-6-14-24/h1-6,9-14,16-17,21,25H,7-8,15,19-20H2,(H,33,35). The van der Waals surface area contributed by atoms with E-state index in [1.165, 1.54) is 0 Å². The highest BCUT2D eigenvalue weighted by molar-refractivity contribution is 5.94. The number of amides is 1. The van der Waals surface area contributed by atoms with Crippen molar-refractivity contribution >= 4 is 11.5 Å². The van der Waals surface area contributed by atoms with E-state index in [0.29, 0.717) is 11.5 Å². The Hall–Kier alpha value is -4.43. The number of benzene rings is 3. The molecular weight excluding hydrogens is 446 g/mol. The summed E-state index contributed by atoms with van der Waals surface area (Å²) in [6.45, 7) is -0.00374. The molecule has 178 valence electrons. The second kappa shape index (κ2) is 10.9. The van der Waals surface area contributed by atoms with E-state index in [2.05, 4.69) is 23.5 Å². The third-order valence-electron chi connectivity index (χ3n) is 6.52. The molecule has 0 saturated heterocycles. The second-order valence-electron chi connectivity index (χ2n) is 8.96. The zero-order chi connectivity index (χ0) is 24.7. The number of rotatable bonds is 7. The number of hydrogen-bond donors (Lipinski definition) is 1. The summed E-state index contributed by atoms with van der Waals surface area (Å²) < 4.78 is 6.49. The van der Waals surface area contributed by atoms with E-state index in [1.807, 2.05) is 72.8 Å². The van der Waals surface area contributed by atoms with Crippen LogP contribution in [0.4, 0.5) is 0 Å². The predicted octanol–water partition coefficient (Wildman–Crippen LogP) is 6.69. The van der Waals surface area contributed by atoms with Gasteiger partial charge in [-0.2, -0.15) is 5.26 Å². The summed E-state index contributed by atoms with van der Waals surface area (Å²) in [5.41, 5.74) is 5.64. The van der Waals surface area contributed by atoms with Crippen LogP contribution in [0.15, 0.2) is 95.4 Å². The largest absolute Gasteiger partial charge is 0.436 e. The van der Waals surface area contributed by atoms with Crippen molar-refractivity contribution in [2.24, 2.45) is 5.92 Å². The zero-order valence-electron chi connectivity index (χ0n) is 20.0. The highest BCUT2D eigenvalue weighted by atomic mass is 16.4. The van der Waals surface area contributed by atoms with Crippen LogP contribution in [0.3, 0.4) is 0 Å². The van der Waals surface area contributed by atoms with Crippen LogP contribution in [0.1, 0.15) is 41.1 Å². The monoisotopic (exact) mass is 473 g/mol. The molecule has 1 aromatic heterocycles. The van der Waals surface area contributed by atoms with E-state index in [0.717, 1.165) is 59.4 Å². The Morgan fingerprint density at radius 2 is 1.75 bits per heavy atom. The number of aromatic nitrogens is 1. The van der Waals surface area contributed by atoms with Crippen LogP contribution in [0.5, 0.6) is 0 Å². The first kappa shape index (κ1) is 23.3. The SMILES string of the molecule is N#CCNC(=O)c1cccc(CC2CCCC=C2c2nc(-c3ccccc3)c(-c3ccccc3)o2)c1. The van der Waals surface area contributed by atoms with Crippen molar-refractivity contribution in [3.8, 4) is 28.7 Å². The summed E-state index contributed by atoms with van der Waals surface area (Å²) >= 11 is 0. The molecule has 0 saturated carbocycles. The van der Waals surface area contributed by atoms with Gasteiger partial charge in [0.2, 0.25) is 5.89 Å². The van der Waals surface area contributed by atoms with Crippen molar-refractivity contribution in [2.75, 3.05) is 6.54 Å². The molecule has 5 rings (SSSR count). The van der Waals surface area contributed by atoms with Gasteiger partial charge in [-0.15, -0.1) is 0 Å². The van der Waals surface area contributed by atoms with Crippen molar-refractivity contribution in [1.82, 2.24) is 10.3 Å². The fraction of sp³-hybridized carbons (Fsp3) is 0.194. The van der Waals surface area contributed by atoms with E-state index < -0.39 is 0 Å². The quantitative estimate of drug-likeness (QED) is 0.303. The Morgan fingerprint density at radius 1 is 1.00 bits per heavy atom. The number of carbonyl (C=O) groups excluding carboxylic acids is 1. The molecule has 1 unspecified atom stereocenters. The molecule has 0 radical (unpaired) electrons. The summed E-state index contributed by atoms with van der Waals surface area (Å²) in [7, 11) is 0. The smallest absolute Gasteiger partial charge is 0.252 e. The van der Waals surface area contributed by atoms with E-state index >= 15 is 0 Å². The number of oxazole rings is 1. The second-order valence-corrected chi connectivity index (χ2v) is 8.96. The van der Waals surface area contributed by atoms with Crippen molar-refractivity contribution in [2.45, 2.75) is 25.7 Å². The predicted molar refractivity (Wildman–Crippen MR) is 141 cm³/mol. The number of nitrogens with zero attached hydrogens (tertiary/aromatic N) is 2. The van der Waals surface area contributed by atoms with Crippen molar-refractivity contribution in [1.29, 1.82) is 5.26 Å². The van der Waals surface area contributed by atoms with E-state index in [9.17, 15) is 4.79 Å². The van der Waals surface area contributed by atoms with Gasteiger partial charge in [0.25, 0.3) is 5.91 Å². The first-order valence-electron chi connectivity index (χ1n) is 12.3. The van der Waals surface area contributed by atoms with E-state index in [1.54, 1.807) is 6.07 Å². The molecule has 1 aliphatic rings. The van der Waals surface area contributed by atoms with Gasteiger partial charge in [-0.25, -0.2) is 4.98 Å². The normalized spacial score (nSPS) is 15.1. The minimum atomic E-state index is -0.231. The maximum atomic E-state index is 12.3. The lowest BCUT2D eigenvalue weighted by molar-refractivity contribution is 0.0958. The molecule has 5 heteroatoms. The van der Waals surface area contributed by atoms with Crippen molar-refractivity contribution in [3.05, 3.63) is 108 Å². The summed E-state index contributed by atoms with van der Waals surface area (Å²) in [5.74, 6) is 1.45. The first-order valence-corrected chi connectivity index (χ1v) is 12.3. The van der Waals surface area contributed by atoms with Gasteiger partial charge in [-0.1, -0.05) is 78.9 Å². The van der Waals surface area contributed by atoms with Crippen LogP contribution >= 0.6 is 0 Å². The minimum Gasteiger partial charge on any atom is -0.436 e. The average Bonchev–Trinajstić information content (AvgIpc) is 3.38. The molecule has 5 nitrogen and oxygen atoms in total. The number of nitrogens with one attached hydrogen (secondary N) is 1. The van der Waals surface area contributed by atoms with Crippen LogP contribution in [0.2, 0.25) is 0 Å². The minimum absolute atomic E-state index is 0.00374. The van der Waals surface area contributed by atoms with Crippen molar-refractivity contribution in [3.63, 3.8) is 0 Å². The Kier molecular flexibility index (Phi) is 7.05. The van der Waals surface area contributed by atoms with Gasteiger partial charge >= 0.3 is 0 Å². The molecule has 1 heterocycles. The van der Waals surface area contributed by atoms with Gasteiger partial charge in [-0.3, -0.25) is 4.79 Å². The van der Waals surface area contributed by atoms with Crippen LogP contribution in [-0.2, 0) is 6.42 Å². The maximum Gasteiger partial charge on any atom is 0.252 e. The Morgan fingerprint density at radius 3 is 2.50 bits per heavy atom. The highest BCUT2D eigenvalue weighted by Gasteiger charge is 2.26. The fourth-order valence-corrected chi connectivity index (χ4v) is 4.78. The Balaban J connectivity index is 1.47. The number of hydrogen-bond acceptors (Lipinski definition) is 4. The molecule has 36 heavy (non-hydrogen) atoms. The molecular formula is C31H27N3O2. The van der Waals surface area contributed by atoms with Crippen LogP contribution in [0, 0.1) is 17.2 Å². The van der Waals surface area contributed by atoms with Gasteiger partial charge in [0.15, 0.2) is 5.76 Å². The maximum absolute atomic E-state index is 12.3. The number of allylic oxidation sites excluding steroid dienone is 2. The Bertz CT molecular complexity index is 1360. The number of carbonyl (C=O) groups is 1. The molecule has 3 aromatic carbocycles. The Labute approximate surface area is 211 Å². The summed E-state index contributed by atoms with van der Waals surface area (Å²) in [6.07, 6.45) is 6.17. The van der Waals surface area contributed by atoms with Gasteiger partial charge in [0.05, 0.1) is 6.07 Å². The molecule has 1 amide bonds. The van der Waals surface area contributed by atoms with Crippen molar-refractivity contribution < 1.29 is 9.21 Å². The lowest BCUT2D eigenvalue weighted by Gasteiger charge is -2.22. The molecule has 0 bridgehead atoms. The third-order valence-corrected chi connectivity index (χ3v) is 6.52. The topological polar surface area (TPSA) is 78.9 Å². The summed E-state index contributed by atoms with van der Waals surface area (Å²) in [6, 6.07) is 29.8. The summed E-state index contributed by atoms with van der Waals surface area (Å²) in [4.78, 5) is 17.4. The van der Waals surface area contributed by atoms with Gasteiger partial charge in [-0.05, 0) is 49.3 Å². The van der Waals surface area contributed by atoms with Gasteiger partial charge in [0, 0.05) is 22.3 Å². The summed E-state index contributed by atoms with van der Waals surface area (Å²) in [5, 5.41) is 11.4. The first-order chi connectivity index (χ1) is 17.7. The average molecular weight is 474 g/mol. The molecule has 1 atom stereocenters. The van der Waals surface area contributed by atoms with Crippen LogP contribution < -0.4 is 5.32 Å². The van der Waals surface area contributed by atoms with Crippen LogP contribution in [-0.4, -0.2) is 17.4 Å². The molecule has 1 N–H and O–H groups in total. The fourth-order valence-electron chi connectivity index (χ4n) is 4.78. The lowest BCUT2D eigenvalue weighted by atomic mass is 9.83. The van der Waals surface area contributed by atoms with E-state index in [-0.39, 0.29) is 18.4 Å². The zero-order valence-corrected chi connectivity index (χ0v) is 20.0. The lowest BCUT2D eigenvalue weighted by Crippen LogP contribution is -2.23. The highest BCUT2D eigenvalue weighted by Crippen LogP contribution is 2.40. The molecule has 4 aromatic rings. The van der Waals surface area contributed by atoms with Gasteiger partial charge < -0.3 is 9.73 Å².